The van der Waals surface area contributed by atoms with Crippen LogP contribution in [0, 0.1) is 17.8 Å². The highest BCUT2D eigenvalue weighted by molar-refractivity contribution is 5.93. The van der Waals surface area contributed by atoms with Crippen LogP contribution in [-0.2, 0) is 49.6 Å². The number of nitrogens with one attached hydrogen (secondary N) is 4. The van der Waals surface area contributed by atoms with Crippen LogP contribution in [0.4, 0.5) is 10.5 Å². The molecular weight excluding hydrogens is 839 g/mol. The zero-order valence-electron chi connectivity index (χ0n) is 39.6. The average Bonchev–Trinajstić information content (AvgIpc) is 3.79. The summed E-state index contributed by atoms with van der Waals surface area (Å²) in [5.41, 5.74) is 1.80. The van der Waals surface area contributed by atoms with Crippen molar-refractivity contribution in [2.75, 3.05) is 53.3 Å². The first-order valence-corrected chi connectivity index (χ1v) is 22.3. The Morgan fingerprint density at radius 1 is 0.892 bits per heavy atom. The summed E-state index contributed by atoms with van der Waals surface area (Å²) in [7, 11) is 6.08. The topological polar surface area (TPSA) is 225 Å². The lowest BCUT2D eigenvalue weighted by atomic mass is 9.90. The van der Waals surface area contributed by atoms with Crippen LogP contribution < -0.4 is 21.3 Å². The quantitative estimate of drug-likeness (QED) is 0.0910. The average molecular weight is 910 g/mol. The van der Waals surface area contributed by atoms with E-state index in [2.05, 4.69) is 21.3 Å². The molecule has 65 heavy (non-hydrogen) atoms. The number of nitrogens with zero attached hydrogens (tertiary/aromatic N) is 3. The number of amides is 7. The smallest absolute Gasteiger partial charge is 0.410 e. The molecule has 0 aromatic heterocycles. The molecule has 1 heterocycles. The van der Waals surface area contributed by atoms with Crippen LogP contribution in [0.2, 0.25) is 0 Å². The van der Waals surface area contributed by atoms with Gasteiger partial charge in [-0.1, -0.05) is 83.5 Å². The third-order valence-corrected chi connectivity index (χ3v) is 12.3. The summed E-state index contributed by atoms with van der Waals surface area (Å²) in [4.78, 5) is 94.9. The Hall–Kier alpha value is -5.59. The number of methoxy groups -OCH3 is 2. The van der Waals surface area contributed by atoms with Crippen LogP contribution in [0.3, 0.4) is 0 Å². The predicted octanol–water partition coefficient (Wildman–Crippen LogP) is 3.24. The van der Waals surface area contributed by atoms with Crippen molar-refractivity contribution in [2.24, 2.45) is 17.8 Å². The van der Waals surface area contributed by atoms with Gasteiger partial charge in [-0.25, -0.2) is 4.79 Å². The molecule has 1 aliphatic rings. The first-order valence-electron chi connectivity index (χ1n) is 22.3. The molecular formula is C47H71N7O11. The van der Waals surface area contributed by atoms with Gasteiger partial charge < -0.3 is 50.4 Å². The molecule has 18 heteroatoms. The maximum Gasteiger partial charge on any atom is 0.410 e. The molecule has 3 unspecified atom stereocenters. The van der Waals surface area contributed by atoms with E-state index >= 15 is 0 Å². The zero-order valence-corrected chi connectivity index (χ0v) is 39.6. The molecule has 3 rings (SSSR count). The minimum Gasteiger partial charge on any atom is -0.445 e. The highest BCUT2D eigenvalue weighted by Gasteiger charge is 2.42. The van der Waals surface area contributed by atoms with Gasteiger partial charge in [-0.05, 0) is 54.9 Å². The minimum atomic E-state index is -0.977. The fourth-order valence-corrected chi connectivity index (χ4v) is 8.40. The van der Waals surface area contributed by atoms with Crippen LogP contribution in [0.25, 0.3) is 0 Å². The molecule has 5 N–H and O–H groups in total. The number of likely N-dealkylation sites (N-methyl/N-ethyl adjacent to an activating group) is 2. The third kappa shape index (κ3) is 15.2. The van der Waals surface area contributed by atoms with Gasteiger partial charge in [0.15, 0.2) is 0 Å². The number of hydrogen-bond donors (Lipinski definition) is 5. The van der Waals surface area contributed by atoms with Crippen LogP contribution in [0.15, 0.2) is 54.6 Å². The van der Waals surface area contributed by atoms with Gasteiger partial charge in [-0.3, -0.25) is 33.7 Å². The van der Waals surface area contributed by atoms with Crippen molar-refractivity contribution in [1.82, 2.24) is 30.7 Å². The third-order valence-electron chi connectivity index (χ3n) is 12.3. The van der Waals surface area contributed by atoms with E-state index in [1.165, 1.54) is 31.1 Å². The van der Waals surface area contributed by atoms with E-state index in [4.69, 9.17) is 14.2 Å². The number of ether oxygens (including phenoxy) is 3. The molecule has 360 valence electrons. The molecule has 0 radical (unpaired) electrons. The Kier molecular flexibility index (Phi) is 21.8. The first kappa shape index (κ1) is 53.7. The van der Waals surface area contributed by atoms with Crippen LogP contribution in [0.1, 0.15) is 84.5 Å². The summed E-state index contributed by atoms with van der Waals surface area (Å²) in [6.07, 6.45) is -0.637. The van der Waals surface area contributed by atoms with Crippen LogP contribution >= 0.6 is 0 Å². The normalized spacial score (nSPS) is 17.3. The second-order valence-corrected chi connectivity index (χ2v) is 17.1. The predicted molar refractivity (Wildman–Crippen MR) is 244 cm³/mol. The SMILES string of the molecule is CCC(C)C([C@@H](CC(=O)N1CCC[C@H]1[C@H](OC)[C@@H](C)C(=O)N[C@H](C)[C@@H](O)c1ccccc1)OC)N(C)C(=O)CNC(=O)C(C(C)C)N(C)C(=O)OCc1ccc(NC(=O)CNC=O)cc1. The van der Waals surface area contributed by atoms with Gasteiger partial charge in [0.1, 0.15) is 12.6 Å². The van der Waals surface area contributed by atoms with Crippen LogP contribution in [0.5, 0.6) is 0 Å². The van der Waals surface area contributed by atoms with Crippen molar-refractivity contribution < 1.29 is 52.9 Å². The molecule has 9 atom stereocenters. The number of carbonyl (C=O) groups excluding carboxylic acids is 7. The van der Waals surface area contributed by atoms with Gasteiger partial charge >= 0.3 is 6.09 Å². The van der Waals surface area contributed by atoms with Crippen molar-refractivity contribution in [2.45, 2.75) is 116 Å². The number of benzene rings is 2. The molecule has 2 aromatic rings. The molecule has 0 bridgehead atoms. The lowest BCUT2D eigenvalue weighted by molar-refractivity contribution is -0.146. The molecule has 0 saturated carbocycles. The number of aliphatic hydroxyl groups is 1. The molecule has 1 aliphatic heterocycles. The number of hydrogen-bond acceptors (Lipinski definition) is 11. The van der Waals surface area contributed by atoms with E-state index in [0.29, 0.717) is 49.0 Å². The van der Waals surface area contributed by atoms with E-state index in [9.17, 15) is 38.7 Å². The van der Waals surface area contributed by atoms with Gasteiger partial charge in [0.25, 0.3) is 0 Å². The highest BCUT2D eigenvalue weighted by atomic mass is 16.6. The van der Waals surface area contributed by atoms with E-state index in [1.54, 1.807) is 76.0 Å². The van der Waals surface area contributed by atoms with Crippen molar-refractivity contribution in [1.29, 1.82) is 0 Å². The summed E-state index contributed by atoms with van der Waals surface area (Å²) >= 11 is 0. The van der Waals surface area contributed by atoms with E-state index in [0.717, 1.165) is 0 Å². The van der Waals surface area contributed by atoms with Gasteiger partial charge in [-0.15, -0.1) is 0 Å². The Bertz CT molecular complexity index is 1870. The zero-order chi connectivity index (χ0) is 48.4. The molecule has 2 aromatic carbocycles. The van der Waals surface area contributed by atoms with Gasteiger partial charge in [0.05, 0.1) is 61.9 Å². The number of aliphatic hydroxyl groups excluding tert-OH is 1. The summed E-state index contributed by atoms with van der Waals surface area (Å²) in [6, 6.07) is 13.2. The van der Waals surface area contributed by atoms with E-state index in [-0.39, 0.29) is 49.8 Å². The maximum absolute atomic E-state index is 14.2. The number of carbonyl (C=O) groups is 7. The lowest BCUT2D eigenvalue weighted by Gasteiger charge is -2.39. The second kappa shape index (κ2) is 26.4. The standard InChI is InChI=1S/C47H71N7O11/c1-11-30(4)42(37(63-9)24-39(57)54-23-15-18-36(54)44(64-10)31(5)45(60)50-32(6)43(59)34-16-13-12-14-17-34)52(7)40(58)26-49-46(61)41(29(2)3)53(8)47(62)65-27-33-19-21-35(22-20-33)51-38(56)25-48-28-55/h12-14,16-17,19-22,28-32,36-37,41-44,59H,11,15,18,23-27H2,1-10H3,(H,48,55)(H,49,61)(H,50,60)(H,51,56)/t30?,31-,32-,36+,37-,41?,42?,43-,44-/m1/s1. The molecule has 0 aliphatic carbocycles. The van der Waals surface area contributed by atoms with Gasteiger partial charge in [0.2, 0.25) is 35.9 Å². The molecule has 0 spiro atoms. The summed E-state index contributed by atoms with van der Waals surface area (Å²) in [5.74, 6) is -3.00. The lowest BCUT2D eigenvalue weighted by Crippen LogP contribution is -2.56. The monoisotopic (exact) mass is 910 g/mol. The number of likely N-dealkylation sites (tertiary alicyclic amines) is 1. The molecule has 7 amide bonds. The second-order valence-electron chi connectivity index (χ2n) is 17.1. The van der Waals surface area contributed by atoms with Crippen molar-refractivity contribution >= 4 is 47.7 Å². The van der Waals surface area contributed by atoms with Crippen molar-refractivity contribution in [3.63, 3.8) is 0 Å². The largest absolute Gasteiger partial charge is 0.445 e. The summed E-state index contributed by atoms with van der Waals surface area (Å²) in [5, 5.41) is 21.4. The Labute approximate surface area is 383 Å². The van der Waals surface area contributed by atoms with Gasteiger partial charge in [0, 0.05) is 40.5 Å². The Balaban J connectivity index is 1.63. The van der Waals surface area contributed by atoms with Crippen LogP contribution in [-0.4, -0.2) is 146 Å². The maximum atomic E-state index is 14.2. The highest BCUT2D eigenvalue weighted by Crippen LogP contribution is 2.30. The van der Waals surface area contributed by atoms with E-state index < -0.39 is 72.2 Å². The van der Waals surface area contributed by atoms with Gasteiger partial charge in [-0.2, -0.15) is 0 Å². The molecule has 1 saturated heterocycles. The Morgan fingerprint density at radius 2 is 1.55 bits per heavy atom. The Morgan fingerprint density at radius 3 is 2.14 bits per heavy atom. The number of anilines is 1. The van der Waals surface area contributed by atoms with Crippen molar-refractivity contribution in [3.05, 3.63) is 65.7 Å². The molecule has 1 fully saturated rings. The van der Waals surface area contributed by atoms with E-state index in [1.807, 2.05) is 32.0 Å². The number of rotatable bonds is 25. The fraction of sp³-hybridized carbons (Fsp3) is 0.596. The first-order chi connectivity index (χ1) is 30.9. The minimum absolute atomic E-state index is 0.0491. The molecule has 18 nitrogen and oxygen atoms in total. The van der Waals surface area contributed by atoms with Crippen molar-refractivity contribution in [3.8, 4) is 0 Å². The summed E-state index contributed by atoms with van der Waals surface area (Å²) < 4.78 is 17.3. The fourth-order valence-electron chi connectivity index (χ4n) is 8.40. The summed E-state index contributed by atoms with van der Waals surface area (Å²) in [6.45, 7) is 10.8.